The van der Waals surface area contributed by atoms with Gasteiger partial charge in [-0.25, -0.2) is 4.98 Å². The lowest BCUT2D eigenvalue weighted by atomic mass is 10.2. The Labute approximate surface area is 107 Å². The van der Waals surface area contributed by atoms with Crippen molar-refractivity contribution in [3.05, 3.63) is 12.4 Å². The molecule has 1 aromatic heterocycles. The highest BCUT2D eigenvalue weighted by Crippen LogP contribution is 2.28. The standard InChI is InChI=1S/C12H19N3OS/c1-2-5-14-11-8-13-9-12(15-11)17-10-3-6-16-7-4-10/h8-10H,2-7H2,1H3,(H,14,15). The van der Waals surface area contributed by atoms with Crippen LogP contribution in [0, 0.1) is 0 Å². The monoisotopic (exact) mass is 253 g/mol. The lowest BCUT2D eigenvalue weighted by Gasteiger charge is -2.20. The Morgan fingerprint density at radius 3 is 3.00 bits per heavy atom. The molecule has 1 aliphatic heterocycles. The fraction of sp³-hybridized carbons (Fsp3) is 0.667. The molecule has 1 fully saturated rings. The van der Waals surface area contributed by atoms with Crippen LogP contribution >= 0.6 is 11.8 Å². The summed E-state index contributed by atoms with van der Waals surface area (Å²) >= 11 is 1.82. The number of hydrogen-bond donors (Lipinski definition) is 1. The third-order valence-corrected chi connectivity index (χ3v) is 3.87. The molecule has 1 saturated heterocycles. The van der Waals surface area contributed by atoms with Gasteiger partial charge >= 0.3 is 0 Å². The molecule has 0 unspecified atom stereocenters. The van der Waals surface area contributed by atoms with Crippen molar-refractivity contribution in [2.24, 2.45) is 0 Å². The molecule has 94 valence electrons. The average molecular weight is 253 g/mol. The fourth-order valence-corrected chi connectivity index (χ4v) is 2.75. The summed E-state index contributed by atoms with van der Waals surface area (Å²) < 4.78 is 5.35. The number of ether oxygens (including phenoxy) is 1. The Morgan fingerprint density at radius 2 is 2.24 bits per heavy atom. The molecule has 0 saturated carbocycles. The van der Waals surface area contributed by atoms with Gasteiger partial charge < -0.3 is 10.1 Å². The topological polar surface area (TPSA) is 47.0 Å². The molecule has 17 heavy (non-hydrogen) atoms. The van der Waals surface area contributed by atoms with E-state index in [1.807, 2.05) is 18.0 Å². The summed E-state index contributed by atoms with van der Waals surface area (Å²) in [7, 11) is 0. The number of aromatic nitrogens is 2. The van der Waals surface area contributed by atoms with Gasteiger partial charge in [0, 0.05) is 25.0 Å². The highest BCUT2D eigenvalue weighted by Gasteiger charge is 2.15. The third kappa shape index (κ3) is 4.16. The van der Waals surface area contributed by atoms with Crippen molar-refractivity contribution in [3.63, 3.8) is 0 Å². The molecule has 4 nitrogen and oxygen atoms in total. The zero-order chi connectivity index (χ0) is 11.9. The minimum atomic E-state index is 0.625. The molecule has 1 aromatic rings. The van der Waals surface area contributed by atoms with Gasteiger partial charge in [-0.2, -0.15) is 0 Å². The van der Waals surface area contributed by atoms with Crippen LogP contribution in [0.5, 0.6) is 0 Å². The Morgan fingerprint density at radius 1 is 1.41 bits per heavy atom. The van der Waals surface area contributed by atoms with Crippen molar-refractivity contribution in [3.8, 4) is 0 Å². The van der Waals surface area contributed by atoms with E-state index in [1.165, 1.54) is 0 Å². The van der Waals surface area contributed by atoms with Crippen molar-refractivity contribution in [1.82, 2.24) is 9.97 Å². The number of anilines is 1. The van der Waals surface area contributed by atoms with E-state index in [0.717, 1.165) is 49.9 Å². The van der Waals surface area contributed by atoms with Gasteiger partial charge in [-0.1, -0.05) is 6.92 Å². The summed E-state index contributed by atoms with van der Waals surface area (Å²) in [6.45, 7) is 4.83. The molecular formula is C12H19N3OS. The van der Waals surface area contributed by atoms with Crippen LogP contribution < -0.4 is 5.32 Å². The highest BCUT2D eigenvalue weighted by atomic mass is 32.2. The van der Waals surface area contributed by atoms with Crippen LogP contribution in [0.3, 0.4) is 0 Å². The lowest BCUT2D eigenvalue weighted by molar-refractivity contribution is 0.1000. The van der Waals surface area contributed by atoms with Crippen LogP contribution in [0.4, 0.5) is 5.82 Å². The van der Waals surface area contributed by atoms with Crippen LogP contribution in [-0.4, -0.2) is 35.0 Å². The summed E-state index contributed by atoms with van der Waals surface area (Å²) in [5, 5.41) is 4.90. The zero-order valence-corrected chi connectivity index (χ0v) is 11.0. The zero-order valence-electron chi connectivity index (χ0n) is 10.2. The summed E-state index contributed by atoms with van der Waals surface area (Å²) in [4.78, 5) is 8.78. The second kappa shape index (κ2) is 6.81. The SMILES string of the molecule is CCCNc1cncc(SC2CCOCC2)n1. The second-order valence-electron chi connectivity index (χ2n) is 4.10. The van der Waals surface area contributed by atoms with Gasteiger partial charge in [-0.3, -0.25) is 4.98 Å². The Bertz CT molecular complexity index is 342. The first-order valence-corrected chi connectivity index (χ1v) is 7.06. The molecule has 5 heteroatoms. The van der Waals surface area contributed by atoms with Crippen molar-refractivity contribution in [2.45, 2.75) is 36.5 Å². The summed E-state index contributed by atoms with van der Waals surface area (Å²) in [6, 6.07) is 0. The molecule has 0 aromatic carbocycles. The van der Waals surface area contributed by atoms with Gasteiger partial charge in [0.05, 0.1) is 12.4 Å². The van der Waals surface area contributed by atoms with E-state index < -0.39 is 0 Å². The third-order valence-electron chi connectivity index (χ3n) is 2.62. The van der Waals surface area contributed by atoms with E-state index in [9.17, 15) is 0 Å². The molecule has 1 N–H and O–H groups in total. The molecule has 2 rings (SSSR count). The minimum absolute atomic E-state index is 0.625. The first-order chi connectivity index (χ1) is 8.38. The number of nitrogens with one attached hydrogen (secondary N) is 1. The molecule has 0 atom stereocenters. The summed E-state index contributed by atoms with van der Waals surface area (Å²) in [5.41, 5.74) is 0. The molecule has 0 aliphatic carbocycles. The smallest absolute Gasteiger partial charge is 0.145 e. The quantitative estimate of drug-likeness (QED) is 0.874. The number of hydrogen-bond acceptors (Lipinski definition) is 5. The second-order valence-corrected chi connectivity index (χ2v) is 5.42. The Balaban J connectivity index is 1.90. The average Bonchev–Trinajstić information content (AvgIpc) is 2.38. The van der Waals surface area contributed by atoms with E-state index in [2.05, 4.69) is 22.2 Å². The number of rotatable bonds is 5. The molecular weight excluding hydrogens is 234 g/mol. The first-order valence-electron chi connectivity index (χ1n) is 6.19. The maximum atomic E-state index is 5.35. The maximum absolute atomic E-state index is 5.35. The van der Waals surface area contributed by atoms with Crippen LogP contribution in [0.2, 0.25) is 0 Å². The molecule has 0 spiro atoms. The van der Waals surface area contributed by atoms with Crippen LogP contribution in [-0.2, 0) is 4.74 Å². The molecule has 0 bridgehead atoms. The fourth-order valence-electron chi connectivity index (χ4n) is 1.71. The van der Waals surface area contributed by atoms with E-state index in [1.54, 1.807) is 6.20 Å². The molecule has 1 aliphatic rings. The van der Waals surface area contributed by atoms with Crippen molar-refractivity contribution >= 4 is 17.6 Å². The van der Waals surface area contributed by atoms with Gasteiger partial charge in [0.1, 0.15) is 10.8 Å². The maximum Gasteiger partial charge on any atom is 0.145 e. The van der Waals surface area contributed by atoms with Gasteiger partial charge in [0.15, 0.2) is 0 Å². The molecule has 0 radical (unpaired) electrons. The Hall–Kier alpha value is -0.810. The predicted octanol–water partition coefficient (Wildman–Crippen LogP) is 2.57. The summed E-state index contributed by atoms with van der Waals surface area (Å²) in [5.74, 6) is 0.879. The van der Waals surface area contributed by atoms with Crippen molar-refractivity contribution < 1.29 is 4.74 Å². The Kier molecular flexibility index (Phi) is 5.07. The van der Waals surface area contributed by atoms with Crippen LogP contribution in [0.15, 0.2) is 17.4 Å². The van der Waals surface area contributed by atoms with Gasteiger partial charge in [0.2, 0.25) is 0 Å². The van der Waals surface area contributed by atoms with E-state index in [-0.39, 0.29) is 0 Å². The van der Waals surface area contributed by atoms with E-state index in [4.69, 9.17) is 4.74 Å². The summed E-state index contributed by atoms with van der Waals surface area (Å²) in [6.07, 6.45) is 6.94. The van der Waals surface area contributed by atoms with Crippen molar-refractivity contribution in [1.29, 1.82) is 0 Å². The van der Waals surface area contributed by atoms with Crippen LogP contribution in [0.1, 0.15) is 26.2 Å². The van der Waals surface area contributed by atoms with Crippen molar-refractivity contribution in [2.75, 3.05) is 25.1 Å². The molecule has 2 heterocycles. The largest absolute Gasteiger partial charge is 0.381 e. The molecule has 0 amide bonds. The number of thioether (sulfide) groups is 1. The lowest BCUT2D eigenvalue weighted by Crippen LogP contribution is -2.17. The number of nitrogens with zero attached hydrogens (tertiary/aromatic N) is 2. The van der Waals surface area contributed by atoms with Gasteiger partial charge in [0.25, 0.3) is 0 Å². The minimum Gasteiger partial charge on any atom is -0.381 e. The highest BCUT2D eigenvalue weighted by molar-refractivity contribution is 7.99. The van der Waals surface area contributed by atoms with Gasteiger partial charge in [-0.05, 0) is 19.3 Å². The first kappa shape index (κ1) is 12.6. The van der Waals surface area contributed by atoms with Gasteiger partial charge in [-0.15, -0.1) is 11.8 Å². The van der Waals surface area contributed by atoms with E-state index in [0.29, 0.717) is 5.25 Å². The van der Waals surface area contributed by atoms with E-state index >= 15 is 0 Å². The van der Waals surface area contributed by atoms with Crippen LogP contribution in [0.25, 0.3) is 0 Å². The predicted molar refractivity (Wildman–Crippen MR) is 70.5 cm³/mol. The normalized spacial score (nSPS) is 17.0.